The average Bonchev–Trinajstić information content (AvgIpc) is 3.44. The largest absolute Gasteiger partial charge is 0.393 e. The molecule has 0 unspecified atom stereocenters. The standard InChI is InChI=1S/C35H49N3O4/c1-21(2)10-9-11-22(3)28-14-15-29-27-20-31(26-18-25(39)19-32(40)23(26)4)38-34(42)36(24-12-7-6-8-13-24)33(41)37(38)30(27)16-17-35(28,29)5/h6-8,12-13,20-22,25,28-32,39-40H,9-11,14-19H2,1-5H3/t22-,25-,28-,29+,30-,31-,32+,35-/m1/s1. The molecule has 0 bridgehead atoms. The average molecular weight is 576 g/mol. The molecule has 0 radical (unpaired) electrons. The van der Waals surface area contributed by atoms with Crippen LogP contribution < -0.4 is 11.4 Å². The molecule has 1 aromatic heterocycles. The molecule has 1 aromatic carbocycles. The van der Waals surface area contributed by atoms with Gasteiger partial charge < -0.3 is 10.2 Å². The normalized spacial score (nSPS) is 33.3. The second-order valence-electron chi connectivity index (χ2n) is 14.5. The van der Waals surface area contributed by atoms with Crippen LogP contribution in [-0.2, 0) is 0 Å². The van der Waals surface area contributed by atoms with Gasteiger partial charge in [0.1, 0.15) is 0 Å². The van der Waals surface area contributed by atoms with E-state index in [1.165, 1.54) is 35.8 Å². The number of rotatable bonds is 7. The van der Waals surface area contributed by atoms with Crippen LogP contribution in [0.15, 0.2) is 62.7 Å². The fourth-order valence-corrected chi connectivity index (χ4v) is 9.30. The monoisotopic (exact) mass is 575 g/mol. The smallest absolute Gasteiger partial charge is 0.352 e. The number of fused-ring (bicyclic) bond motifs is 5. The van der Waals surface area contributed by atoms with Crippen molar-refractivity contribution in [3.05, 3.63) is 74.1 Å². The third-order valence-electron chi connectivity index (χ3n) is 11.5. The van der Waals surface area contributed by atoms with E-state index in [4.69, 9.17) is 0 Å². The van der Waals surface area contributed by atoms with Gasteiger partial charge in [-0.1, -0.05) is 71.2 Å². The van der Waals surface area contributed by atoms with Gasteiger partial charge in [0, 0.05) is 6.42 Å². The molecule has 3 aliphatic carbocycles. The van der Waals surface area contributed by atoms with Crippen LogP contribution >= 0.6 is 0 Å². The van der Waals surface area contributed by atoms with Crippen molar-refractivity contribution in [1.29, 1.82) is 0 Å². The summed E-state index contributed by atoms with van der Waals surface area (Å²) in [5, 5.41) is 21.5. The quantitative estimate of drug-likeness (QED) is 0.400. The van der Waals surface area contributed by atoms with Crippen LogP contribution in [0.1, 0.15) is 104 Å². The van der Waals surface area contributed by atoms with Crippen LogP contribution in [0.5, 0.6) is 0 Å². The van der Waals surface area contributed by atoms with Crippen molar-refractivity contribution < 1.29 is 10.2 Å². The van der Waals surface area contributed by atoms with Gasteiger partial charge in [-0.3, -0.25) is 0 Å². The predicted octanol–water partition coefficient (Wildman–Crippen LogP) is 5.94. The molecule has 2 N–H and O–H groups in total. The van der Waals surface area contributed by atoms with E-state index in [1.54, 1.807) is 21.5 Å². The van der Waals surface area contributed by atoms with Crippen molar-refractivity contribution in [1.82, 2.24) is 13.9 Å². The molecule has 0 saturated heterocycles. The molecule has 7 heteroatoms. The molecule has 7 nitrogen and oxygen atoms in total. The molecular formula is C35H49N3O4. The highest BCUT2D eigenvalue weighted by Gasteiger charge is 2.55. The summed E-state index contributed by atoms with van der Waals surface area (Å²) < 4.78 is 4.68. The Morgan fingerprint density at radius 3 is 2.40 bits per heavy atom. The SMILES string of the molecule is CC1=C([C@H]2C=C3[C@@H](CC[C@]4(C)[C@@H]([C@H](C)CCCC(C)C)CC[C@@H]34)n3c(=O)n(-c4ccccc4)c(=O)n32)C[C@@H](O)C[C@@H]1O. The number of aliphatic hydroxyl groups excluding tert-OH is 2. The van der Waals surface area contributed by atoms with Crippen molar-refractivity contribution in [2.24, 2.45) is 29.1 Å². The summed E-state index contributed by atoms with van der Waals surface area (Å²) in [5.41, 5.74) is 3.01. The van der Waals surface area contributed by atoms with E-state index in [0.717, 1.165) is 36.3 Å². The van der Waals surface area contributed by atoms with Crippen molar-refractivity contribution in [2.75, 3.05) is 0 Å². The third-order valence-corrected chi connectivity index (χ3v) is 11.5. The second-order valence-corrected chi connectivity index (χ2v) is 14.5. The van der Waals surface area contributed by atoms with Gasteiger partial charge in [0.2, 0.25) is 0 Å². The molecule has 0 amide bonds. The number of allylic oxidation sites excluding steroid dienone is 2. The van der Waals surface area contributed by atoms with E-state index in [1.807, 2.05) is 25.1 Å². The third kappa shape index (κ3) is 4.71. The van der Waals surface area contributed by atoms with Crippen LogP contribution in [0, 0.1) is 29.1 Å². The number of hydrogen-bond acceptors (Lipinski definition) is 4. The molecule has 2 aromatic rings. The Hall–Kier alpha value is -2.64. The lowest BCUT2D eigenvalue weighted by Crippen LogP contribution is -2.46. The lowest BCUT2D eigenvalue weighted by atomic mass is 9.59. The maximum atomic E-state index is 14.2. The van der Waals surface area contributed by atoms with Gasteiger partial charge in [-0.2, -0.15) is 0 Å². The predicted molar refractivity (Wildman–Crippen MR) is 166 cm³/mol. The molecule has 2 fully saturated rings. The van der Waals surface area contributed by atoms with E-state index in [2.05, 4.69) is 33.8 Å². The summed E-state index contributed by atoms with van der Waals surface area (Å²) in [6.45, 7) is 11.5. The maximum absolute atomic E-state index is 14.2. The molecule has 42 heavy (non-hydrogen) atoms. The highest BCUT2D eigenvalue weighted by molar-refractivity contribution is 5.37. The van der Waals surface area contributed by atoms with E-state index >= 15 is 0 Å². The number of para-hydroxylation sites is 1. The molecule has 0 spiro atoms. The van der Waals surface area contributed by atoms with Crippen molar-refractivity contribution in [3.63, 3.8) is 0 Å². The van der Waals surface area contributed by atoms with Gasteiger partial charge in [-0.05, 0) is 97.0 Å². The van der Waals surface area contributed by atoms with Crippen molar-refractivity contribution in [3.8, 4) is 5.69 Å². The van der Waals surface area contributed by atoms with Crippen LogP contribution in [0.2, 0.25) is 0 Å². The molecule has 2 saturated carbocycles. The maximum Gasteiger partial charge on any atom is 0.352 e. The van der Waals surface area contributed by atoms with Gasteiger partial charge in [0.25, 0.3) is 0 Å². The molecular weight excluding hydrogens is 526 g/mol. The lowest BCUT2D eigenvalue weighted by Gasteiger charge is -2.49. The number of nitrogens with zero attached hydrogens (tertiary/aromatic N) is 3. The molecule has 6 rings (SSSR count). The Balaban J connectivity index is 1.46. The molecule has 8 atom stereocenters. The van der Waals surface area contributed by atoms with Gasteiger partial charge in [0.15, 0.2) is 0 Å². The first-order chi connectivity index (χ1) is 20.0. The Morgan fingerprint density at radius 2 is 1.69 bits per heavy atom. The Kier molecular flexibility index (Phi) is 7.80. The summed E-state index contributed by atoms with van der Waals surface area (Å²) in [4.78, 5) is 28.3. The van der Waals surface area contributed by atoms with Crippen LogP contribution in [-0.4, -0.2) is 36.4 Å². The number of aliphatic hydroxyl groups is 2. The van der Waals surface area contributed by atoms with Gasteiger partial charge in [0.05, 0.1) is 30.0 Å². The van der Waals surface area contributed by atoms with E-state index in [0.29, 0.717) is 36.3 Å². The van der Waals surface area contributed by atoms with Gasteiger partial charge >= 0.3 is 11.4 Å². The second kappa shape index (κ2) is 11.1. The molecule has 228 valence electrons. The Bertz CT molecular complexity index is 1490. The number of benzene rings is 1. The minimum atomic E-state index is -0.758. The van der Waals surface area contributed by atoms with E-state index in [9.17, 15) is 19.8 Å². The highest BCUT2D eigenvalue weighted by atomic mass is 16.3. The van der Waals surface area contributed by atoms with Crippen molar-refractivity contribution >= 4 is 0 Å². The summed E-state index contributed by atoms with van der Waals surface area (Å²) in [6, 6.07) is 8.52. The molecule has 1 aliphatic heterocycles. The van der Waals surface area contributed by atoms with Gasteiger partial charge in [-0.15, -0.1) is 0 Å². The minimum absolute atomic E-state index is 0.154. The fraction of sp³-hybridized carbons (Fsp3) is 0.657. The van der Waals surface area contributed by atoms with E-state index in [-0.39, 0.29) is 22.8 Å². The Labute approximate surface area is 249 Å². The number of aromatic nitrogens is 3. The summed E-state index contributed by atoms with van der Waals surface area (Å²) in [6.07, 6.45) is 9.50. The van der Waals surface area contributed by atoms with Gasteiger partial charge in [-0.25, -0.2) is 23.5 Å². The zero-order chi connectivity index (χ0) is 29.9. The molecule has 4 aliphatic rings. The van der Waals surface area contributed by atoms with Crippen LogP contribution in [0.3, 0.4) is 0 Å². The topological polar surface area (TPSA) is 89.4 Å². The first-order valence-electron chi connectivity index (χ1n) is 16.3. The summed E-state index contributed by atoms with van der Waals surface area (Å²) in [7, 11) is 0. The first-order valence-corrected chi connectivity index (χ1v) is 16.3. The minimum Gasteiger partial charge on any atom is -0.393 e. The molecule has 2 heterocycles. The zero-order valence-electron chi connectivity index (χ0n) is 26.0. The van der Waals surface area contributed by atoms with Crippen LogP contribution in [0.25, 0.3) is 5.69 Å². The summed E-state index contributed by atoms with van der Waals surface area (Å²) in [5.74, 6) is 2.39. The Morgan fingerprint density at radius 1 is 0.976 bits per heavy atom. The number of hydrogen-bond donors (Lipinski definition) is 2. The summed E-state index contributed by atoms with van der Waals surface area (Å²) >= 11 is 0. The lowest BCUT2D eigenvalue weighted by molar-refractivity contribution is 0.0677. The zero-order valence-corrected chi connectivity index (χ0v) is 26.0. The fourth-order valence-electron chi connectivity index (χ4n) is 9.30. The van der Waals surface area contributed by atoms with E-state index < -0.39 is 18.2 Å². The first kappa shape index (κ1) is 29.4. The highest BCUT2D eigenvalue weighted by Crippen LogP contribution is 2.62. The van der Waals surface area contributed by atoms with Crippen molar-refractivity contribution in [2.45, 2.75) is 117 Å². The van der Waals surface area contributed by atoms with Crippen LogP contribution in [0.4, 0.5) is 0 Å².